The molecule has 148 valence electrons. The lowest BCUT2D eigenvalue weighted by atomic mass is 9.92. The fourth-order valence-electron chi connectivity index (χ4n) is 4.22. The maximum atomic E-state index is 13.1. The van der Waals surface area contributed by atoms with Crippen molar-refractivity contribution in [1.29, 1.82) is 0 Å². The summed E-state index contributed by atoms with van der Waals surface area (Å²) in [4.78, 5) is 17.1. The van der Waals surface area contributed by atoms with E-state index >= 15 is 0 Å². The second kappa shape index (κ2) is 7.59. The topological polar surface area (TPSA) is 23.6 Å². The minimum absolute atomic E-state index is 0.0963. The Kier molecular flexibility index (Phi) is 5.15. The first-order chi connectivity index (χ1) is 13.4. The van der Waals surface area contributed by atoms with Gasteiger partial charge in [-0.25, -0.2) is 0 Å². The number of rotatable bonds is 3. The van der Waals surface area contributed by atoms with Crippen LogP contribution in [0.15, 0.2) is 48.5 Å². The van der Waals surface area contributed by atoms with Gasteiger partial charge in [-0.05, 0) is 42.0 Å². The highest BCUT2D eigenvalue weighted by atomic mass is 19.4. The highest BCUT2D eigenvalue weighted by Crippen LogP contribution is 2.31. The zero-order chi connectivity index (χ0) is 19.7. The fourth-order valence-corrected chi connectivity index (χ4v) is 4.22. The number of alkyl halides is 3. The Morgan fingerprint density at radius 3 is 2.43 bits per heavy atom. The van der Waals surface area contributed by atoms with E-state index in [-0.39, 0.29) is 11.9 Å². The molecule has 0 aromatic heterocycles. The van der Waals surface area contributed by atoms with Gasteiger partial charge in [-0.2, -0.15) is 13.2 Å². The van der Waals surface area contributed by atoms with Crippen LogP contribution in [0, 0.1) is 0 Å². The molecule has 2 aliphatic heterocycles. The molecule has 1 amide bonds. The molecule has 1 saturated heterocycles. The van der Waals surface area contributed by atoms with Gasteiger partial charge in [-0.15, -0.1) is 0 Å². The number of nitrogens with zero attached hydrogens (tertiary/aromatic N) is 2. The van der Waals surface area contributed by atoms with E-state index in [2.05, 4.69) is 0 Å². The van der Waals surface area contributed by atoms with E-state index < -0.39 is 11.7 Å². The summed E-state index contributed by atoms with van der Waals surface area (Å²) in [5, 5.41) is 0. The zero-order valence-corrected chi connectivity index (χ0v) is 15.6. The monoisotopic (exact) mass is 388 g/mol. The van der Waals surface area contributed by atoms with E-state index in [0.29, 0.717) is 25.1 Å². The molecule has 0 aliphatic carbocycles. The highest BCUT2D eigenvalue weighted by molar-refractivity contribution is 5.83. The molecule has 0 N–H and O–H groups in total. The second-order valence-corrected chi connectivity index (χ2v) is 7.62. The number of carbonyl (C=O) groups is 1. The number of likely N-dealkylation sites (tertiary alicyclic amines) is 1. The van der Waals surface area contributed by atoms with Crippen molar-refractivity contribution in [2.45, 2.75) is 44.6 Å². The second-order valence-electron chi connectivity index (χ2n) is 7.62. The summed E-state index contributed by atoms with van der Waals surface area (Å²) in [5.41, 5.74) is 2.22. The van der Waals surface area contributed by atoms with Crippen molar-refractivity contribution >= 4 is 5.91 Å². The lowest BCUT2D eigenvalue weighted by Gasteiger charge is -2.38. The molecular weight excluding hydrogens is 365 g/mol. The maximum absolute atomic E-state index is 13.1. The smallest absolute Gasteiger partial charge is 0.341 e. The first-order valence-electron chi connectivity index (χ1n) is 9.67. The standard InChI is InChI=1S/C22H23F3N2O/c23-22(24,25)19-9-5-6-16(12-19)14-27-15-18-8-2-1-7-17(18)13-20(27)21(28)26-10-3-4-11-26/h1-2,5-9,12,20H,3-4,10-11,13-15H2. The largest absolute Gasteiger partial charge is 0.416 e. The number of hydrogen-bond donors (Lipinski definition) is 0. The molecule has 0 radical (unpaired) electrons. The van der Waals surface area contributed by atoms with Crippen LogP contribution in [-0.4, -0.2) is 34.8 Å². The van der Waals surface area contributed by atoms with E-state index in [1.807, 2.05) is 34.1 Å². The molecule has 4 rings (SSSR count). The summed E-state index contributed by atoms with van der Waals surface area (Å²) >= 11 is 0. The minimum atomic E-state index is -4.37. The van der Waals surface area contributed by atoms with Gasteiger partial charge in [-0.1, -0.05) is 42.5 Å². The number of carbonyl (C=O) groups excluding carboxylic acids is 1. The van der Waals surface area contributed by atoms with E-state index in [1.54, 1.807) is 6.07 Å². The van der Waals surface area contributed by atoms with Crippen molar-refractivity contribution in [3.8, 4) is 0 Å². The Hall–Kier alpha value is -2.34. The van der Waals surface area contributed by atoms with Crippen LogP contribution in [-0.2, 0) is 30.5 Å². The van der Waals surface area contributed by atoms with Gasteiger partial charge < -0.3 is 4.90 Å². The van der Waals surface area contributed by atoms with E-state index in [0.717, 1.165) is 43.1 Å². The number of benzene rings is 2. The Balaban J connectivity index is 1.61. The molecule has 1 unspecified atom stereocenters. The summed E-state index contributed by atoms with van der Waals surface area (Å²) < 4.78 is 39.2. The van der Waals surface area contributed by atoms with Crippen molar-refractivity contribution in [2.24, 2.45) is 0 Å². The predicted molar refractivity (Wildman–Crippen MR) is 100 cm³/mol. The van der Waals surface area contributed by atoms with Crippen molar-refractivity contribution in [2.75, 3.05) is 13.1 Å². The van der Waals surface area contributed by atoms with Gasteiger partial charge >= 0.3 is 6.18 Å². The minimum Gasteiger partial charge on any atom is -0.341 e. The van der Waals surface area contributed by atoms with Crippen molar-refractivity contribution in [3.63, 3.8) is 0 Å². The van der Waals surface area contributed by atoms with Gasteiger partial charge in [0.2, 0.25) is 5.91 Å². The Morgan fingerprint density at radius 1 is 1.00 bits per heavy atom. The van der Waals surface area contributed by atoms with Gasteiger partial charge in [0.15, 0.2) is 0 Å². The molecule has 2 aliphatic rings. The van der Waals surface area contributed by atoms with Gasteiger partial charge in [0.25, 0.3) is 0 Å². The number of halogens is 3. The first kappa shape index (κ1) is 19.0. The van der Waals surface area contributed by atoms with Crippen LogP contribution in [0.1, 0.15) is 35.1 Å². The van der Waals surface area contributed by atoms with Crippen LogP contribution in [0.25, 0.3) is 0 Å². The summed E-state index contributed by atoms with van der Waals surface area (Å²) in [6.45, 7) is 2.43. The van der Waals surface area contributed by atoms with Crippen molar-refractivity contribution in [3.05, 3.63) is 70.8 Å². The molecule has 2 aromatic rings. The third kappa shape index (κ3) is 3.92. The van der Waals surface area contributed by atoms with Crippen LogP contribution < -0.4 is 0 Å². The molecule has 0 spiro atoms. The van der Waals surface area contributed by atoms with Gasteiger partial charge in [-0.3, -0.25) is 9.69 Å². The fraction of sp³-hybridized carbons (Fsp3) is 0.409. The Bertz CT molecular complexity index is 859. The van der Waals surface area contributed by atoms with Crippen LogP contribution in [0.4, 0.5) is 13.2 Å². The molecule has 3 nitrogen and oxygen atoms in total. The Labute approximate surface area is 162 Å². The quantitative estimate of drug-likeness (QED) is 0.785. The lowest BCUT2D eigenvalue weighted by Crippen LogP contribution is -2.50. The molecule has 28 heavy (non-hydrogen) atoms. The predicted octanol–water partition coefficient (Wildman–Crippen LogP) is 4.25. The number of amides is 1. The normalized spacial score (nSPS) is 20.2. The van der Waals surface area contributed by atoms with Crippen LogP contribution in [0.3, 0.4) is 0 Å². The SMILES string of the molecule is O=C(C1Cc2ccccc2CN1Cc1cccc(C(F)(F)F)c1)N1CCCC1. The summed E-state index contributed by atoms with van der Waals surface area (Å²) in [6, 6.07) is 13.1. The van der Waals surface area contributed by atoms with Crippen LogP contribution in [0.2, 0.25) is 0 Å². The average Bonchev–Trinajstić information content (AvgIpc) is 3.21. The molecule has 6 heteroatoms. The molecular formula is C22H23F3N2O. The van der Waals surface area contributed by atoms with Gasteiger partial charge in [0.05, 0.1) is 11.6 Å². The number of hydrogen-bond acceptors (Lipinski definition) is 2. The third-order valence-corrected chi connectivity index (χ3v) is 5.69. The lowest BCUT2D eigenvalue weighted by molar-refractivity contribution is -0.138. The first-order valence-corrected chi connectivity index (χ1v) is 9.67. The highest BCUT2D eigenvalue weighted by Gasteiger charge is 2.35. The van der Waals surface area contributed by atoms with E-state index in [9.17, 15) is 18.0 Å². The molecule has 1 atom stereocenters. The van der Waals surface area contributed by atoms with Crippen molar-refractivity contribution < 1.29 is 18.0 Å². The van der Waals surface area contributed by atoms with Gasteiger partial charge in [0.1, 0.15) is 0 Å². The van der Waals surface area contributed by atoms with E-state index in [1.165, 1.54) is 12.1 Å². The van der Waals surface area contributed by atoms with Crippen LogP contribution in [0.5, 0.6) is 0 Å². The van der Waals surface area contributed by atoms with Crippen LogP contribution >= 0.6 is 0 Å². The molecule has 1 fully saturated rings. The van der Waals surface area contributed by atoms with E-state index in [4.69, 9.17) is 0 Å². The molecule has 2 heterocycles. The molecule has 0 bridgehead atoms. The zero-order valence-electron chi connectivity index (χ0n) is 15.6. The van der Waals surface area contributed by atoms with Gasteiger partial charge in [0, 0.05) is 26.2 Å². The summed E-state index contributed by atoms with van der Waals surface area (Å²) in [5.74, 6) is 0.0963. The van der Waals surface area contributed by atoms with Crippen molar-refractivity contribution in [1.82, 2.24) is 9.80 Å². The maximum Gasteiger partial charge on any atom is 0.416 e. The molecule has 2 aromatic carbocycles. The number of fused-ring (bicyclic) bond motifs is 1. The summed E-state index contributed by atoms with van der Waals surface area (Å²) in [7, 11) is 0. The Morgan fingerprint density at radius 2 is 1.71 bits per heavy atom. The summed E-state index contributed by atoms with van der Waals surface area (Å²) in [6.07, 6.45) is -1.73. The average molecular weight is 388 g/mol. The third-order valence-electron chi connectivity index (χ3n) is 5.69. The molecule has 0 saturated carbocycles.